The fraction of sp³-hybridized carbons (Fsp3) is 0.273. The molecular weight excluding hydrogens is 280 g/mol. The van der Waals surface area contributed by atoms with Crippen LogP contribution in [0.4, 0.5) is 0 Å². The number of H-pyrrole nitrogens is 2. The second-order valence-electron chi connectivity index (χ2n) is 4.31. The van der Waals surface area contributed by atoms with Gasteiger partial charge in [0.15, 0.2) is 0 Å². The Morgan fingerprint density at radius 3 is 2.75 bits per heavy atom. The van der Waals surface area contributed by atoms with Crippen molar-refractivity contribution in [2.45, 2.75) is 12.1 Å². The molecule has 0 amide bonds. The van der Waals surface area contributed by atoms with Crippen LogP contribution in [-0.2, 0) is 7.05 Å². The lowest BCUT2D eigenvalue weighted by molar-refractivity contribution is 0.751. The van der Waals surface area contributed by atoms with Crippen molar-refractivity contribution in [1.29, 1.82) is 0 Å². The van der Waals surface area contributed by atoms with Gasteiger partial charge in [-0.3, -0.25) is 19.4 Å². The van der Waals surface area contributed by atoms with E-state index in [-0.39, 0.29) is 11.1 Å². The Labute approximate surface area is 116 Å². The van der Waals surface area contributed by atoms with Crippen LogP contribution < -0.4 is 11.1 Å². The van der Waals surface area contributed by atoms with Gasteiger partial charge in [-0.15, -0.1) is 5.10 Å². The summed E-state index contributed by atoms with van der Waals surface area (Å²) in [5.41, 5.74) is 0.579. The average molecular weight is 292 g/mol. The van der Waals surface area contributed by atoms with E-state index in [0.717, 1.165) is 0 Å². The first-order valence-corrected chi connectivity index (χ1v) is 7.03. The van der Waals surface area contributed by atoms with Gasteiger partial charge in [0.1, 0.15) is 0 Å². The standard InChI is InChI=1S/C11H12N6O2S/c1-5-8-6(15-16(2)9(8)19)4-7(18)17(5)10-12-11(20-3)14-13-10/h4,15H,1-3H3,(H,12,13,14). The summed E-state index contributed by atoms with van der Waals surface area (Å²) >= 11 is 1.37. The maximum absolute atomic E-state index is 12.2. The minimum atomic E-state index is -0.277. The molecule has 9 heteroatoms. The first-order chi connectivity index (χ1) is 9.52. The largest absolute Gasteiger partial charge is 0.295 e. The Balaban J connectivity index is 2.38. The molecule has 0 fully saturated rings. The van der Waals surface area contributed by atoms with Crippen LogP contribution >= 0.6 is 11.8 Å². The number of fused-ring (bicyclic) bond motifs is 1. The van der Waals surface area contributed by atoms with Gasteiger partial charge in [0, 0.05) is 18.8 Å². The van der Waals surface area contributed by atoms with Gasteiger partial charge >= 0.3 is 0 Å². The van der Waals surface area contributed by atoms with Crippen LogP contribution in [0, 0.1) is 6.92 Å². The zero-order valence-corrected chi connectivity index (χ0v) is 11.9. The van der Waals surface area contributed by atoms with E-state index >= 15 is 0 Å². The topological polar surface area (TPSA) is 101 Å². The molecule has 0 atom stereocenters. The molecule has 3 aromatic rings. The molecule has 0 saturated carbocycles. The summed E-state index contributed by atoms with van der Waals surface area (Å²) in [5.74, 6) is 0.307. The molecule has 0 aromatic carbocycles. The third kappa shape index (κ3) is 1.70. The van der Waals surface area contributed by atoms with Gasteiger partial charge in [-0.2, -0.15) is 4.98 Å². The van der Waals surface area contributed by atoms with Crippen molar-refractivity contribution in [3.05, 3.63) is 32.5 Å². The molecule has 0 aliphatic heterocycles. The van der Waals surface area contributed by atoms with Gasteiger partial charge < -0.3 is 0 Å². The zero-order valence-electron chi connectivity index (χ0n) is 11.1. The van der Waals surface area contributed by atoms with Crippen molar-refractivity contribution in [3.63, 3.8) is 0 Å². The highest BCUT2D eigenvalue weighted by Crippen LogP contribution is 2.14. The van der Waals surface area contributed by atoms with E-state index in [1.165, 1.54) is 27.1 Å². The first-order valence-electron chi connectivity index (χ1n) is 5.81. The minimum absolute atomic E-state index is 0.184. The van der Waals surface area contributed by atoms with E-state index in [2.05, 4.69) is 20.3 Å². The molecule has 0 aliphatic carbocycles. The highest BCUT2D eigenvalue weighted by Gasteiger charge is 2.16. The smallest absolute Gasteiger partial charge is 0.275 e. The lowest BCUT2D eigenvalue weighted by Gasteiger charge is -2.05. The molecule has 104 valence electrons. The van der Waals surface area contributed by atoms with E-state index in [0.29, 0.717) is 27.7 Å². The third-order valence-corrected chi connectivity index (χ3v) is 3.66. The molecule has 2 N–H and O–H groups in total. The molecule has 20 heavy (non-hydrogen) atoms. The summed E-state index contributed by atoms with van der Waals surface area (Å²) < 4.78 is 2.69. The molecule has 0 aliphatic rings. The monoisotopic (exact) mass is 292 g/mol. The highest BCUT2D eigenvalue weighted by atomic mass is 32.2. The fourth-order valence-electron chi connectivity index (χ4n) is 2.18. The number of hydrogen-bond acceptors (Lipinski definition) is 5. The normalized spacial score (nSPS) is 11.3. The minimum Gasteiger partial charge on any atom is -0.295 e. The molecule has 0 spiro atoms. The number of thioether (sulfide) groups is 1. The number of aryl methyl sites for hydroxylation is 2. The first kappa shape index (κ1) is 12.7. The van der Waals surface area contributed by atoms with Crippen LogP contribution in [0.25, 0.3) is 16.9 Å². The summed E-state index contributed by atoms with van der Waals surface area (Å²) in [4.78, 5) is 28.5. The molecule has 8 nitrogen and oxygen atoms in total. The maximum Gasteiger partial charge on any atom is 0.275 e. The summed E-state index contributed by atoms with van der Waals surface area (Å²) in [6.45, 7) is 1.71. The van der Waals surface area contributed by atoms with E-state index in [1.807, 2.05) is 6.26 Å². The summed E-state index contributed by atoms with van der Waals surface area (Å²) in [7, 11) is 1.61. The van der Waals surface area contributed by atoms with Crippen LogP contribution in [0.1, 0.15) is 5.69 Å². The Morgan fingerprint density at radius 1 is 1.35 bits per heavy atom. The number of nitrogens with one attached hydrogen (secondary N) is 2. The molecule has 0 radical (unpaired) electrons. The average Bonchev–Trinajstić information content (AvgIpc) is 2.96. The van der Waals surface area contributed by atoms with E-state index in [1.54, 1.807) is 14.0 Å². The summed E-state index contributed by atoms with van der Waals surface area (Å²) in [6, 6.07) is 1.38. The molecule has 0 saturated heterocycles. The van der Waals surface area contributed by atoms with Crippen LogP contribution in [0.3, 0.4) is 0 Å². The Bertz CT molecular complexity index is 915. The lowest BCUT2D eigenvalue weighted by atomic mass is 10.2. The van der Waals surface area contributed by atoms with Gasteiger partial charge in [-0.1, -0.05) is 11.8 Å². The van der Waals surface area contributed by atoms with Crippen LogP contribution in [-0.4, -0.2) is 35.8 Å². The van der Waals surface area contributed by atoms with Gasteiger partial charge in [0.2, 0.25) is 11.1 Å². The number of aromatic amines is 2. The number of nitrogens with zero attached hydrogens (tertiary/aromatic N) is 4. The Morgan fingerprint density at radius 2 is 2.10 bits per heavy atom. The SMILES string of the molecule is CSc1n[nH]c(-n2c(C)c3c(=O)n(C)[nH]c3cc2=O)n1. The predicted octanol–water partition coefficient (Wildman–Crippen LogP) is 0.166. The Hall–Kier alpha value is -2.29. The molecular formula is C11H12N6O2S. The van der Waals surface area contributed by atoms with Gasteiger partial charge in [-0.25, -0.2) is 9.67 Å². The molecule has 0 bridgehead atoms. The van der Waals surface area contributed by atoms with Crippen molar-refractivity contribution in [3.8, 4) is 5.95 Å². The maximum atomic E-state index is 12.2. The van der Waals surface area contributed by atoms with Gasteiger partial charge in [-0.05, 0) is 13.2 Å². The number of rotatable bonds is 2. The van der Waals surface area contributed by atoms with E-state index in [4.69, 9.17) is 0 Å². The molecule has 3 heterocycles. The van der Waals surface area contributed by atoms with Crippen molar-refractivity contribution in [2.24, 2.45) is 7.05 Å². The lowest BCUT2D eigenvalue weighted by Crippen LogP contribution is -2.22. The van der Waals surface area contributed by atoms with Gasteiger partial charge in [0.25, 0.3) is 11.1 Å². The predicted molar refractivity (Wildman–Crippen MR) is 75.6 cm³/mol. The fourth-order valence-corrected chi connectivity index (χ4v) is 2.50. The van der Waals surface area contributed by atoms with Gasteiger partial charge in [0.05, 0.1) is 10.9 Å². The molecule has 3 aromatic heterocycles. The number of pyridine rings is 1. The second-order valence-corrected chi connectivity index (χ2v) is 5.09. The van der Waals surface area contributed by atoms with Crippen molar-refractivity contribution < 1.29 is 0 Å². The summed E-state index contributed by atoms with van der Waals surface area (Å²) in [6.07, 6.45) is 1.84. The quantitative estimate of drug-likeness (QED) is 0.655. The third-order valence-electron chi connectivity index (χ3n) is 3.11. The molecule has 0 unspecified atom stereocenters. The molecule has 3 rings (SSSR count). The van der Waals surface area contributed by atoms with E-state index < -0.39 is 0 Å². The van der Waals surface area contributed by atoms with Crippen molar-refractivity contribution >= 4 is 22.7 Å². The Kier molecular flexibility index (Phi) is 2.78. The van der Waals surface area contributed by atoms with Crippen molar-refractivity contribution in [2.75, 3.05) is 6.26 Å². The second kappa shape index (κ2) is 4.37. The van der Waals surface area contributed by atoms with Crippen LogP contribution in [0.2, 0.25) is 0 Å². The van der Waals surface area contributed by atoms with Crippen molar-refractivity contribution in [1.82, 2.24) is 29.5 Å². The zero-order chi connectivity index (χ0) is 14.4. The van der Waals surface area contributed by atoms with E-state index in [9.17, 15) is 9.59 Å². The summed E-state index contributed by atoms with van der Waals surface area (Å²) in [5, 5.41) is 10.5. The highest BCUT2D eigenvalue weighted by molar-refractivity contribution is 7.98. The van der Waals surface area contributed by atoms with Crippen LogP contribution in [0.5, 0.6) is 0 Å². The van der Waals surface area contributed by atoms with Crippen LogP contribution in [0.15, 0.2) is 20.8 Å². The number of aromatic nitrogens is 6. The number of hydrogen-bond donors (Lipinski definition) is 2.